The van der Waals surface area contributed by atoms with E-state index in [9.17, 15) is 39.2 Å². The summed E-state index contributed by atoms with van der Waals surface area (Å²) in [4.78, 5) is 88.2. The third kappa shape index (κ3) is 11.0. The van der Waals surface area contributed by atoms with Crippen molar-refractivity contribution in [2.45, 2.75) is 52.1 Å². The number of carbonyl (C=O) groups excluding carboxylic acids is 3. The van der Waals surface area contributed by atoms with Crippen LogP contribution < -0.4 is 27.0 Å². The van der Waals surface area contributed by atoms with Gasteiger partial charge >= 0.3 is 23.9 Å². The lowest BCUT2D eigenvalue weighted by molar-refractivity contribution is -0.384. The molecule has 0 aliphatic carbocycles. The number of nitro benzene ring substituents is 1. The average Bonchev–Trinajstić information content (AvgIpc) is 3.19. The van der Waals surface area contributed by atoms with Gasteiger partial charge in [-0.25, -0.2) is 24.4 Å². The molecule has 310 valence electrons. The lowest BCUT2D eigenvalue weighted by Gasteiger charge is -2.30. The summed E-state index contributed by atoms with van der Waals surface area (Å²) in [7, 11) is 3.05. The maximum absolute atomic E-state index is 12.5. The summed E-state index contributed by atoms with van der Waals surface area (Å²) >= 11 is 0. The van der Waals surface area contributed by atoms with Crippen LogP contribution in [0.15, 0.2) is 77.3 Å². The maximum Gasteiger partial charge on any atom is 0.336 e. The van der Waals surface area contributed by atoms with Crippen LogP contribution in [0.5, 0.6) is 0 Å². The second kappa shape index (κ2) is 19.4. The zero-order valence-electron chi connectivity index (χ0n) is 32.6. The number of rotatable bonds is 14. The van der Waals surface area contributed by atoms with Crippen LogP contribution in [0.1, 0.15) is 61.1 Å². The molecule has 0 saturated carbocycles. The van der Waals surface area contributed by atoms with Gasteiger partial charge in [0.25, 0.3) is 11.6 Å². The molecule has 59 heavy (non-hydrogen) atoms. The topological polar surface area (TPSA) is 318 Å². The van der Waals surface area contributed by atoms with Gasteiger partial charge in [-0.05, 0) is 57.0 Å². The number of methoxy groups -OCH3 is 1. The van der Waals surface area contributed by atoms with Crippen molar-refractivity contribution in [2.24, 2.45) is 0 Å². The Morgan fingerprint density at radius 3 is 2.25 bits per heavy atom. The van der Waals surface area contributed by atoms with Crippen molar-refractivity contribution in [2.75, 3.05) is 37.1 Å². The van der Waals surface area contributed by atoms with Gasteiger partial charge in [-0.3, -0.25) is 19.7 Å². The third-order valence-electron chi connectivity index (χ3n) is 8.80. The standard InChI is InChI=1S/C20H22N8O5.C18H20N2O6/c1-28(9-11-8-23-17-15(24-11)16(21)26-20(22)27-17)12-4-2-10(3-5-12)18(31)25-13(19(32)33)6-7-14(29)30;1-5-26-18(22)15-11(3)19-10(2)14(17(21)25-4)16(15)12-7-6-8-13(9-12)20(23)24/h2-5,8,13H,6-7,9H2,1H3,(H,25,31)(H,29,30)(H,32,33)(H4,21,22,23,26,27);6-9,16,19H,5H2,1-4H3/t13-;/m0./s1. The normalized spacial score (nSPS) is 13.9. The first kappa shape index (κ1) is 44.0. The molecular formula is C38H42N10O11. The van der Waals surface area contributed by atoms with E-state index >= 15 is 0 Å². The van der Waals surface area contributed by atoms with Gasteiger partial charge < -0.3 is 46.7 Å². The van der Waals surface area contributed by atoms with Crippen LogP contribution in [-0.4, -0.2) is 91.7 Å². The molecule has 0 bridgehead atoms. The van der Waals surface area contributed by atoms with Gasteiger partial charge in [-0.1, -0.05) is 12.1 Å². The van der Waals surface area contributed by atoms with E-state index in [-0.39, 0.29) is 53.6 Å². The van der Waals surface area contributed by atoms with Gasteiger partial charge in [0.15, 0.2) is 17.0 Å². The Bertz CT molecular complexity index is 2350. The highest BCUT2D eigenvalue weighted by Crippen LogP contribution is 2.40. The van der Waals surface area contributed by atoms with Crippen LogP contribution in [0.2, 0.25) is 0 Å². The predicted molar refractivity (Wildman–Crippen MR) is 211 cm³/mol. The minimum Gasteiger partial charge on any atom is -0.481 e. The average molecular weight is 815 g/mol. The number of nitro groups is 1. The number of anilines is 3. The number of aromatic nitrogens is 4. The zero-order chi connectivity index (χ0) is 43.6. The van der Waals surface area contributed by atoms with Crippen molar-refractivity contribution in [3.8, 4) is 0 Å². The van der Waals surface area contributed by atoms with Crippen molar-refractivity contribution in [1.29, 1.82) is 0 Å². The number of fused-ring (bicyclic) bond motifs is 1. The van der Waals surface area contributed by atoms with Crippen molar-refractivity contribution >= 4 is 64.1 Å². The molecule has 2 aromatic heterocycles. The predicted octanol–water partition coefficient (Wildman–Crippen LogP) is 2.83. The molecule has 1 amide bonds. The summed E-state index contributed by atoms with van der Waals surface area (Å²) in [5.41, 5.74) is 15.4. The zero-order valence-corrected chi connectivity index (χ0v) is 32.6. The number of nitrogens with zero attached hydrogens (tertiary/aromatic N) is 6. The second-order valence-electron chi connectivity index (χ2n) is 12.9. The van der Waals surface area contributed by atoms with Gasteiger partial charge in [-0.15, -0.1) is 0 Å². The second-order valence-corrected chi connectivity index (χ2v) is 12.9. The minimum atomic E-state index is -1.30. The van der Waals surface area contributed by atoms with Gasteiger partial charge in [0.2, 0.25) is 5.95 Å². The Kier molecular flexibility index (Phi) is 14.5. The number of nitrogens with two attached hydrogens (primary N) is 2. The highest BCUT2D eigenvalue weighted by molar-refractivity contribution is 6.00. The first-order chi connectivity index (χ1) is 27.9. The fourth-order valence-corrected chi connectivity index (χ4v) is 6.03. The lowest BCUT2D eigenvalue weighted by Crippen LogP contribution is -2.41. The Hall–Kier alpha value is -7.71. The number of nitrogen functional groups attached to an aromatic ring is 2. The van der Waals surface area contributed by atoms with Crippen molar-refractivity contribution < 1.29 is 48.6 Å². The molecule has 4 aromatic rings. The monoisotopic (exact) mass is 814 g/mol. The number of benzene rings is 2. The quantitative estimate of drug-likeness (QED) is 0.0605. The molecule has 5 rings (SSSR count). The number of carboxylic acid groups (broad SMARTS) is 2. The number of allylic oxidation sites excluding steroid dienone is 2. The van der Waals surface area contributed by atoms with E-state index in [0.717, 1.165) is 5.69 Å². The molecule has 2 atom stereocenters. The summed E-state index contributed by atoms with van der Waals surface area (Å²) < 4.78 is 10.0. The maximum atomic E-state index is 12.5. The molecule has 21 nitrogen and oxygen atoms in total. The summed E-state index contributed by atoms with van der Waals surface area (Å²) in [6.45, 7) is 5.58. The number of carbonyl (C=O) groups is 5. The molecule has 8 N–H and O–H groups in total. The van der Waals surface area contributed by atoms with Crippen LogP contribution in [0.3, 0.4) is 0 Å². The number of ether oxygens (including phenoxy) is 2. The van der Waals surface area contributed by atoms with E-state index in [1.54, 1.807) is 45.2 Å². The van der Waals surface area contributed by atoms with E-state index < -0.39 is 46.7 Å². The number of non-ortho nitro benzene ring substituents is 1. The smallest absolute Gasteiger partial charge is 0.336 e. The molecule has 1 aliphatic rings. The number of nitrogens with one attached hydrogen (secondary N) is 2. The van der Waals surface area contributed by atoms with E-state index in [2.05, 4.69) is 30.6 Å². The van der Waals surface area contributed by atoms with Crippen LogP contribution in [0, 0.1) is 10.1 Å². The van der Waals surface area contributed by atoms with Crippen molar-refractivity contribution in [1.82, 2.24) is 30.6 Å². The largest absolute Gasteiger partial charge is 0.481 e. The lowest BCUT2D eigenvalue weighted by atomic mass is 9.80. The summed E-state index contributed by atoms with van der Waals surface area (Å²) in [5.74, 6) is -4.96. The SMILES string of the molecule is CCOC(=O)C1=C(C)NC(C)=C(C(=O)OC)C1c1cccc([N+](=O)[O-])c1.CN(Cc1cnc2nc(N)nc(N)c2n1)c1ccc(C(=O)N[C@@H](CCC(=O)O)C(=O)O)cc1. The molecule has 3 heterocycles. The third-order valence-corrected chi connectivity index (χ3v) is 8.80. The van der Waals surface area contributed by atoms with Gasteiger partial charge in [0.1, 0.15) is 6.04 Å². The Balaban J connectivity index is 0.000000268. The molecule has 2 aromatic carbocycles. The number of hydrogen-bond donors (Lipinski definition) is 6. The number of aliphatic carboxylic acids is 2. The fourth-order valence-electron chi connectivity index (χ4n) is 6.03. The molecule has 1 unspecified atom stereocenters. The highest BCUT2D eigenvalue weighted by Gasteiger charge is 2.38. The van der Waals surface area contributed by atoms with Crippen LogP contribution in [0.4, 0.5) is 23.1 Å². The first-order valence-corrected chi connectivity index (χ1v) is 17.7. The molecule has 0 radical (unpaired) electrons. The number of hydrogen-bond acceptors (Lipinski definition) is 17. The highest BCUT2D eigenvalue weighted by atomic mass is 16.6. The molecule has 21 heteroatoms. The van der Waals surface area contributed by atoms with Gasteiger partial charge in [0, 0.05) is 48.2 Å². The number of esters is 2. The van der Waals surface area contributed by atoms with Crippen molar-refractivity contribution in [3.05, 3.63) is 104 Å². The summed E-state index contributed by atoms with van der Waals surface area (Å²) in [6, 6.07) is 11.0. The van der Waals surface area contributed by atoms with Crippen LogP contribution >= 0.6 is 0 Å². The first-order valence-electron chi connectivity index (χ1n) is 17.7. The van der Waals surface area contributed by atoms with E-state index in [4.69, 9.17) is 26.0 Å². The molecule has 0 spiro atoms. The number of dihydropyridines is 1. The van der Waals surface area contributed by atoms with Gasteiger partial charge in [0.05, 0.1) is 54.1 Å². The molecule has 1 aliphatic heterocycles. The van der Waals surface area contributed by atoms with Crippen LogP contribution in [0.25, 0.3) is 11.2 Å². The molecular weight excluding hydrogens is 772 g/mol. The minimum absolute atomic E-state index is 0.0138. The fraction of sp³-hybridized carbons (Fsp3) is 0.289. The Labute approximate surface area is 336 Å². The van der Waals surface area contributed by atoms with Gasteiger partial charge in [-0.2, -0.15) is 9.97 Å². The Morgan fingerprint density at radius 1 is 1.00 bits per heavy atom. The summed E-state index contributed by atoms with van der Waals surface area (Å²) in [6.07, 6.45) is 0.964. The number of amides is 1. The number of carboxylic acids is 2. The van der Waals surface area contributed by atoms with Crippen LogP contribution in [-0.2, 0) is 35.2 Å². The molecule has 0 fully saturated rings. The van der Waals surface area contributed by atoms with E-state index in [1.165, 1.54) is 37.4 Å². The van der Waals surface area contributed by atoms with E-state index in [0.29, 0.717) is 40.4 Å². The van der Waals surface area contributed by atoms with E-state index in [1.807, 2.05) is 11.9 Å². The van der Waals surface area contributed by atoms with Crippen molar-refractivity contribution in [3.63, 3.8) is 0 Å². The molecule has 0 saturated heterocycles. The summed E-state index contributed by atoms with van der Waals surface area (Å²) in [5, 5.41) is 34.4. The Morgan fingerprint density at radius 2 is 1.66 bits per heavy atom.